The molecule has 0 spiro atoms. The van der Waals surface area contributed by atoms with Gasteiger partial charge in [0.15, 0.2) is 0 Å². The first-order chi connectivity index (χ1) is 35.6. The first-order valence-corrected chi connectivity index (χ1v) is 24.9. The molecule has 0 unspecified atom stereocenters. The summed E-state index contributed by atoms with van der Waals surface area (Å²) in [6.07, 6.45) is 0. The van der Waals surface area contributed by atoms with E-state index in [2.05, 4.69) is 275 Å². The van der Waals surface area contributed by atoms with Crippen molar-refractivity contribution in [2.75, 3.05) is 9.80 Å². The molecule has 4 heteroatoms. The lowest BCUT2D eigenvalue weighted by atomic mass is 9.97. The highest BCUT2D eigenvalue weighted by Gasteiger charge is 2.29. The van der Waals surface area contributed by atoms with Gasteiger partial charge in [-0.3, -0.25) is 0 Å². The van der Waals surface area contributed by atoms with Gasteiger partial charge in [0, 0.05) is 65.6 Å². The van der Waals surface area contributed by atoms with E-state index in [1.807, 2.05) is 0 Å². The Labute approximate surface area is 416 Å². The number of aryl methyl sites for hydroxylation is 2. The zero-order chi connectivity index (χ0) is 47.6. The first-order valence-electron chi connectivity index (χ1n) is 24.9. The highest BCUT2D eigenvalue weighted by Crippen LogP contribution is 2.53. The van der Waals surface area contributed by atoms with Gasteiger partial charge in [-0.05, 0) is 109 Å². The number of benzene rings is 11. The maximum absolute atomic E-state index is 2.55. The molecule has 0 saturated carbocycles. The second-order valence-corrected chi connectivity index (χ2v) is 19.3. The lowest BCUT2D eigenvalue weighted by Crippen LogP contribution is -2.11. The van der Waals surface area contributed by atoms with Gasteiger partial charge in [-0.2, -0.15) is 0 Å². The Hall–Kier alpha value is -9.38. The summed E-state index contributed by atoms with van der Waals surface area (Å²) in [5.74, 6) is 0. The highest BCUT2D eigenvalue weighted by molar-refractivity contribution is 6.32. The van der Waals surface area contributed by atoms with E-state index in [4.69, 9.17) is 0 Å². The second-order valence-electron chi connectivity index (χ2n) is 19.3. The molecule has 0 N–H and O–H groups in total. The van der Waals surface area contributed by atoms with E-state index >= 15 is 0 Å². The topological polar surface area (TPSA) is 15.3 Å². The predicted octanol–water partition coefficient (Wildman–Crippen LogP) is 18.9. The molecule has 15 aromatic rings. The van der Waals surface area contributed by atoms with E-state index in [1.165, 1.54) is 110 Å². The molecule has 4 nitrogen and oxygen atoms in total. The number of hydrogen-bond acceptors (Lipinski definition) is 2. The number of hydrogen-bond donors (Lipinski definition) is 0. The molecule has 0 fully saturated rings. The van der Waals surface area contributed by atoms with Crippen LogP contribution in [-0.4, -0.2) is 8.80 Å². The summed E-state index contributed by atoms with van der Waals surface area (Å²) < 4.78 is 5.10. The van der Waals surface area contributed by atoms with Gasteiger partial charge in [0.2, 0.25) is 0 Å². The molecular formula is C68H46N4. The van der Waals surface area contributed by atoms with Crippen LogP contribution in [0, 0.1) is 13.8 Å². The summed E-state index contributed by atoms with van der Waals surface area (Å²) in [5, 5.41) is 9.94. The monoisotopic (exact) mass is 918 g/mol. The van der Waals surface area contributed by atoms with Crippen LogP contribution in [0.15, 0.2) is 243 Å². The third-order valence-electron chi connectivity index (χ3n) is 15.4. The van der Waals surface area contributed by atoms with Crippen molar-refractivity contribution < 1.29 is 0 Å². The Bertz CT molecular complexity index is 4300. The summed E-state index contributed by atoms with van der Waals surface area (Å²) in [6.45, 7) is 4.42. The number of nitrogens with zero attached hydrogens (tertiary/aromatic N) is 4. The Morgan fingerprint density at radius 1 is 0.264 bits per heavy atom. The summed E-state index contributed by atoms with van der Waals surface area (Å²) in [7, 11) is 0. The number of anilines is 6. The average molecular weight is 919 g/mol. The van der Waals surface area contributed by atoms with E-state index < -0.39 is 0 Å². The maximum Gasteiger partial charge on any atom is 0.0641 e. The van der Waals surface area contributed by atoms with E-state index in [9.17, 15) is 0 Å². The van der Waals surface area contributed by atoms with Crippen LogP contribution >= 0.6 is 0 Å². The lowest BCUT2D eigenvalue weighted by Gasteiger charge is -2.29. The van der Waals surface area contributed by atoms with E-state index in [-0.39, 0.29) is 0 Å². The largest absolute Gasteiger partial charge is 0.309 e. The summed E-state index contributed by atoms with van der Waals surface area (Å²) in [6, 6.07) is 89.4. The van der Waals surface area contributed by atoms with Gasteiger partial charge in [0.1, 0.15) is 0 Å². The predicted molar refractivity (Wildman–Crippen MR) is 305 cm³/mol. The van der Waals surface area contributed by atoms with Crippen molar-refractivity contribution in [2.45, 2.75) is 13.8 Å². The molecule has 0 radical (unpaired) electrons. The number of para-hydroxylation sites is 6. The van der Waals surface area contributed by atoms with Crippen LogP contribution in [0.2, 0.25) is 0 Å². The van der Waals surface area contributed by atoms with Crippen molar-refractivity contribution in [1.82, 2.24) is 8.80 Å². The molecular weight excluding hydrogens is 873 g/mol. The minimum atomic E-state index is 1.11. The molecule has 11 aromatic carbocycles. The standard InChI is InChI=1S/C68H46N4/c1-43-21-9-11-27-47(43)49-29-13-17-33-57(49)69(45-23-5-3-6-24-45)61-39-37-51-55-41-64-56(42-63(55)71-59-35-19-15-31-53(59)65(61)67(51)71)52-38-40-62(66-54-32-16-20-36-60(54)72(64)68(52)66)70(46-25-7-4-8-26-46)58-34-18-14-30-50(58)48-28-12-10-22-44(48)2/h3-42H,1-2H3. The Balaban J connectivity index is 1.01. The fourth-order valence-corrected chi connectivity index (χ4v) is 12.4. The summed E-state index contributed by atoms with van der Waals surface area (Å²) >= 11 is 0. The van der Waals surface area contributed by atoms with Gasteiger partial charge in [0.05, 0.1) is 55.8 Å². The van der Waals surface area contributed by atoms with Crippen molar-refractivity contribution in [1.29, 1.82) is 0 Å². The highest BCUT2D eigenvalue weighted by atomic mass is 15.2. The zero-order valence-electron chi connectivity index (χ0n) is 39.9. The molecule has 0 amide bonds. The van der Waals surface area contributed by atoms with E-state index in [0.29, 0.717) is 0 Å². The van der Waals surface area contributed by atoms with Crippen molar-refractivity contribution in [3.05, 3.63) is 254 Å². The molecule has 72 heavy (non-hydrogen) atoms. The van der Waals surface area contributed by atoms with Crippen molar-refractivity contribution in [2.24, 2.45) is 0 Å². The van der Waals surface area contributed by atoms with Crippen molar-refractivity contribution in [3.63, 3.8) is 0 Å². The molecule has 0 bridgehead atoms. The molecule has 4 heterocycles. The molecule has 0 aliphatic carbocycles. The number of aromatic nitrogens is 2. The van der Waals surface area contributed by atoms with Crippen molar-refractivity contribution >= 4 is 110 Å². The van der Waals surface area contributed by atoms with Gasteiger partial charge >= 0.3 is 0 Å². The second kappa shape index (κ2) is 15.6. The van der Waals surface area contributed by atoms with Crippen molar-refractivity contribution in [3.8, 4) is 22.3 Å². The fourth-order valence-electron chi connectivity index (χ4n) is 12.4. The molecule has 0 atom stereocenters. The number of fused-ring (bicyclic) bond motifs is 12. The smallest absolute Gasteiger partial charge is 0.0641 e. The van der Waals surface area contributed by atoms with Gasteiger partial charge in [-0.1, -0.05) is 170 Å². The SMILES string of the molecule is Cc1ccccc1-c1ccccc1N(c1ccccc1)c1ccc2c3cc4c(cc3n3c5ccccc5c1c23)c1ccc(N(c2ccccc2)c2ccccc2-c2ccccc2C)c2c3ccccc3n4c12. The van der Waals surface area contributed by atoms with Gasteiger partial charge < -0.3 is 18.6 Å². The van der Waals surface area contributed by atoms with Crippen LogP contribution in [0.4, 0.5) is 34.1 Å². The lowest BCUT2D eigenvalue weighted by molar-refractivity contribution is 1.29. The van der Waals surface area contributed by atoms with Gasteiger partial charge in [-0.15, -0.1) is 0 Å². The Morgan fingerprint density at radius 3 is 1.06 bits per heavy atom. The fraction of sp³-hybridized carbons (Fsp3) is 0.0294. The van der Waals surface area contributed by atoms with Gasteiger partial charge in [0.25, 0.3) is 0 Å². The first kappa shape index (κ1) is 40.5. The normalized spacial score (nSPS) is 12.0. The molecule has 15 rings (SSSR count). The minimum Gasteiger partial charge on any atom is -0.309 e. The Morgan fingerprint density at radius 2 is 0.625 bits per heavy atom. The van der Waals surface area contributed by atoms with E-state index in [1.54, 1.807) is 0 Å². The molecule has 0 saturated heterocycles. The van der Waals surface area contributed by atoms with Crippen LogP contribution in [0.25, 0.3) is 98.4 Å². The van der Waals surface area contributed by atoms with Crippen LogP contribution in [0.1, 0.15) is 11.1 Å². The average Bonchev–Trinajstić information content (AvgIpc) is 4.17. The number of rotatable bonds is 8. The quantitative estimate of drug-likeness (QED) is 0.151. The van der Waals surface area contributed by atoms with Crippen LogP contribution < -0.4 is 9.80 Å². The third kappa shape index (κ3) is 5.69. The third-order valence-corrected chi connectivity index (χ3v) is 15.4. The Kier molecular flexibility index (Phi) is 8.75. The summed E-state index contributed by atoms with van der Waals surface area (Å²) in [5.41, 5.74) is 21.5. The van der Waals surface area contributed by atoms with E-state index in [0.717, 1.165) is 34.1 Å². The molecule has 0 aliphatic rings. The van der Waals surface area contributed by atoms with Crippen LogP contribution in [-0.2, 0) is 0 Å². The maximum atomic E-state index is 2.55. The molecule has 0 aliphatic heterocycles. The molecule has 338 valence electrons. The van der Waals surface area contributed by atoms with Crippen LogP contribution in [0.5, 0.6) is 0 Å². The summed E-state index contributed by atoms with van der Waals surface area (Å²) in [4.78, 5) is 4.96. The minimum absolute atomic E-state index is 1.11. The van der Waals surface area contributed by atoms with Gasteiger partial charge in [-0.25, -0.2) is 0 Å². The molecule has 4 aromatic heterocycles. The zero-order valence-corrected chi connectivity index (χ0v) is 39.9. The van der Waals surface area contributed by atoms with Crippen LogP contribution in [0.3, 0.4) is 0 Å².